The van der Waals surface area contributed by atoms with Gasteiger partial charge in [0.15, 0.2) is 0 Å². The number of amides is 2. The smallest absolute Gasteiger partial charge is 0.278 e. The molecule has 3 rings (SSSR count). The number of unbranched alkanes of at least 4 members (excludes halogenated alkanes) is 1. The predicted octanol–water partition coefficient (Wildman–Crippen LogP) is 4.11. The van der Waals surface area contributed by atoms with E-state index in [0.29, 0.717) is 48.1 Å². The minimum Gasteiger partial charge on any atom is -0.497 e. The average molecular weight is 469 g/mol. The quantitative estimate of drug-likeness (QED) is 0.350. The molecule has 2 amide bonds. The van der Waals surface area contributed by atoms with E-state index >= 15 is 0 Å². The largest absolute Gasteiger partial charge is 0.497 e. The van der Waals surface area contributed by atoms with Crippen LogP contribution in [0.25, 0.3) is 5.57 Å². The summed E-state index contributed by atoms with van der Waals surface area (Å²) in [5, 5.41) is 3.14. The number of nitrogens with zero attached hydrogens (tertiary/aromatic N) is 1. The van der Waals surface area contributed by atoms with Gasteiger partial charge in [0.2, 0.25) is 0 Å². The monoisotopic (exact) mass is 468 g/mol. The van der Waals surface area contributed by atoms with Gasteiger partial charge in [-0.3, -0.25) is 14.5 Å². The second-order valence-electron chi connectivity index (χ2n) is 7.72. The van der Waals surface area contributed by atoms with Crippen molar-refractivity contribution < 1.29 is 28.5 Å². The predicted molar refractivity (Wildman–Crippen MR) is 130 cm³/mol. The Bertz CT molecular complexity index is 1050. The Kier molecular flexibility index (Phi) is 8.93. The maximum Gasteiger partial charge on any atom is 0.278 e. The summed E-state index contributed by atoms with van der Waals surface area (Å²) in [4.78, 5) is 28.2. The highest BCUT2D eigenvalue weighted by Crippen LogP contribution is 2.37. The van der Waals surface area contributed by atoms with Crippen molar-refractivity contribution in [1.82, 2.24) is 4.90 Å². The first kappa shape index (κ1) is 25.1. The highest BCUT2D eigenvalue weighted by molar-refractivity contribution is 6.37. The van der Waals surface area contributed by atoms with E-state index in [9.17, 15) is 9.59 Å². The molecule has 2 aromatic rings. The van der Waals surface area contributed by atoms with Crippen molar-refractivity contribution in [2.75, 3.05) is 46.4 Å². The Morgan fingerprint density at radius 2 is 1.59 bits per heavy atom. The first-order chi connectivity index (χ1) is 16.5. The van der Waals surface area contributed by atoms with Crippen molar-refractivity contribution >= 4 is 23.1 Å². The van der Waals surface area contributed by atoms with E-state index in [1.807, 2.05) is 6.07 Å². The molecule has 0 bridgehead atoms. The Balaban J connectivity index is 1.95. The third-order valence-electron chi connectivity index (χ3n) is 5.52. The van der Waals surface area contributed by atoms with E-state index in [0.717, 1.165) is 12.8 Å². The highest BCUT2D eigenvalue weighted by atomic mass is 16.5. The van der Waals surface area contributed by atoms with Gasteiger partial charge in [-0.2, -0.15) is 0 Å². The number of nitrogens with one attached hydrogen (secondary N) is 1. The van der Waals surface area contributed by atoms with Crippen LogP contribution in [0.1, 0.15) is 31.7 Å². The molecule has 0 atom stereocenters. The molecule has 0 saturated carbocycles. The van der Waals surface area contributed by atoms with Crippen LogP contribution in [-0.2, 0) is 14.3 Å². The molecular formula is C26H32N2O6. The van der Waals surface area contributed by atoms with Gasteiger partial charge in [0.25, 0.3) is 11.8 Å². The minimum absolute atomic E-state index is 0.160. The van der Waals surface area contributed by atoms with Gasteiger partial charge in [-0.05, 0) is 31.0 Å². The highest BCUT2D eigenvalue weighted by Gasteiger charge is 2.40. The molecule has 0 aromatic heterocycles. The molecule has 0 spiro atoms. The lowest BCUT2D eigenvalue weighted by atomic mass is 10.0. The fraction of sp³-hybridized carbons (Fsp3) is 0.385. The zero-order valence-electron chi connectivity index (χ0n) is 20.2. The fourth-order valence-electron chi connectivity index (χ4n) is 3.72. The molecule has 1 aliphatic rings. The maximum absolute atomic E-state index is 13.5. The van der Waals surface area contributed by atoms with Crippen LogP contribution < -0.4 is 19.5 Å². The Hall–Kier alpha value is -3.52. The molecule has 0 aliphatic carbocycles. The van der Waals surface area contributed by atoms with Crippen LogP contribution in [0, 0.1) is 0 Å². The SMILES string of the molecule is CCCCOCCCN1C(=O)C(Nc2cc(OC)ccc2OC)=C(c2ccccc2OC)C1=O. The van der Waals surface area contributed by atoms with Gasteiger partial charge < -0.3 is 24.3 Å². The number of imide groups is 1. The normalized spacial score (nSPS) is 13.5. The van der Waals surface area contributed by atoms with Crippen LogP contribution in [0.5, 0.6) is 17.2 Å². The van der Waals surface area contributed by atoms with Crippen LogP contribution in [0.4, 0.5) is 5.69 Å². The van der Waals surface area contributed by atoms with Crippen LogP contribution in [0.3, 0.4) is 0 Å². The molecule has 1 N–H and O–H groups in total. The minimum atomic E-state index is -0.413. The Labute approximate surface area is 200 Å². The van der Waals surface area contributed by atoms with Gasteiger partial charge in [-0.1, -0.05) is 31.5 Å². The van der Waals surface area contributed by atoms with Crippen molar-refractivity contribution in [3.05, 3.63) is 53.7 Å². The molecule has 34 heavy (non-hydrogen) atoms. The van der Waals surface area contributed by atoms with Gasteiger partial charge in [0.05, 0.1) is 32.6 Å². The average Bonchev–Trinajstić information content (AvgIpc) is 3.09. The van der Waals surface area contributed by atoms with Crippen LogP contribution in [-0.4, -0.2) is 57.8 Å². The lowest BCUT2D eigenvalue weighted by molar-refractivity contribution is -0.137. The molecule has 1 heterocycles. The summed E-state index contributed by atoms with van der Waals surface area (Å²) >= 11 is 0. The van der Waals surface area contributed by atoms with Crippen molar-refractivity contribution in [1.29, 1.82) is 0 Å². The number of hydrogen-bond acceptors (Lipinski definition) is 7. The lowest BCUT2D eigenvalue weighted by Crippen LogP contribution is -2.34. The topological polar surface area (TPSA) is 86.3 Å². The van der Waals surface area contributed by atoms with Crippen molar-refractivity contribution in [3.8, 4) is 17.2 Å². The van der Waals surface area contributed by atoms with Gasteiger partial charge >= 0.3 is 0 Å². The lowest BCUT2D eigenvalue weighted by Gasteiger charge is -2.16. The summed E-state index contributed by atoms with van der Waals surface area (Å²) in [6.07, 6.45) is 2.59. The molecule has 0 saturated heterocycles. The van der Waals surface area contributed by atoms with E-state index < -0.39 is 5.91 Å². The third-order valence-corrected chi connectivity index (χ3v) is 5.52. The first-order valence-corrected chi connectivity index (χ1v) is 11.4. The summed E-state index contributed by atoms with van der Waals surface area (Å²) in [5.41, 5.74) is 1.46. The molecular weight excluding hydrogens is 436 g/mol. The zero-order chi connectivity index (χ0) is 24.5. The van der Waals surface area contributed by atoms with Crippen molar-refractivity contribution in [3.63, 3.8) is 0 Å². The van der Waals surface area contributed by atoms with Crippen LogP contribution in [0.2, 0.25) is 0 Å². The molecule has 2 aromatic carbocycles. The third kappa shape index (κ3) is 5.51. The number of para-hydroxylation sites is 1. The number of carbonyl (C=O) groups is 2. The number of methoxy groups -OCH3 is 3. The summed E-state index contributed by atoms with van der Waals surface area (Å²) in [6, 6.07) is 12.3. The van der Waals surface area contributed by atoms with Gasteiger partial charge in [0, 0.05) is 31.4 Å². The maximum atomic E-state index is 13.5. The molecule has 0 radical (unpaired) electrons. The van der Waals surface area contributed by atoms with Gasteiger partial charge in [-0.25, -0.2) is 0 Å². The fourth-order valence-corrected chi connectivity index (χ4v) is 3.72. The van der Waals surface area contributed by atoms with E-state index in [2.05, 4.69) is 12.2 Å². The van der Waals surface area contributed by atoms with Crippen LogP contribution >= 0.6 is 0 Å². The molecule has 8 nitrogen and oxygen atoms in total. The molecule has 182 valence electrons. The summed E-state index contributed by atoms with van der Waals surface area (Å²) in [5.74, 6) is 0.799. The second-order valence-corrected chi connectivity index (χ2v) is 7.72. The van der Waals surface area contributed by atoms with E-state index in [-0.39, 0.29) is 23.7 Å². The van der Waals surface area contributed by atoms with E-state index in [1.165, 1.54) is 19.1 Å². The number of carbonyl (C=O) groups excluding carboxylic acids is 2. The number of hydrogen-bond donors (Lipinski definition) is 1. The Morgan fingerprint density at radius 1 is 0.853 bits per heavy atom. The molecule has 0 fully saturated rings. The molecule has 0 unspecified atom stereocenters. The summed E-state index contributed by atoms with van der Waals surface area (Å²) in [6.45, 7) is 3.50. The summed E-state index contributed by atoms with van der Waals surface area (Å²) < 4.78 is 21.9. The zero-order valence-corrected chi connectivity index (χ0v) is 20.2. The first-order valence-electron chi connectivity index (χ1n) is 11.4. The van der Waals surface area contributed by atoms with Gasteiger partial charge in [0.1, 0.15) is 22.9 Å². The van der Waals surface area contributed by atoms with E-state index in [4.69, 9.17) is 18.9 Å². The van der Waals surface area contributed by atoms with Gasteiger partial charge in [-0.15, -0.1) is 0 Å². The number of ether oxygens (including phenoxy) is 4. The van der Waals surface area contributed by atoms with E-state index in [1.54, 1.807) is 43.5 Å². The van der Waals surface area contributed by atoms with Crippen LogP contribution in [0.15, 0.2) is 48.2 Å². The van der Waals surface area contributed by atoms with Crippen molar-refractivity contribution in [2.45, 2.75) is 26.2 Å². The number of rotatable bonds is 13. The molecule has 8 heteroatoms. The number of anilines is 1. The Morgan fingerprint density at radius 3 is 2.29 bits per heavy atom. The molecule has 1 aliphatic heterocycles. The standard InChI is InChI=1S/C26H32N2O6/c1-5-6-15-34-16-9-14-28-25(29)23(19-10-7-8-11-21(19)32-3)24(26(28)30)27-20-17-18(31-2)12-13-22(20)33-4/h7-8,10-13,17,27H,5-6,9,14-16H2,1-4H3. The second kappa shape index (κ2) is 12.1. The summed E-state index contributed by atoms with van der Waals surface area (Å²) in [7, 11) is 4.62. The number of benzene rings is 2. The van der Waals surface area contributed by atoms with Crippen molar-refractivity contribution in [2.24, 2.45) is 0 Å².